The van der Waals surface area contributed by atoms with Gasteiger partial charge in [0.25, 0.3) is 0 Å². The molecule has 0 aromatic rings. The minimum atomic E-state index is -3.08. The van der Waals surface area contributed by atoms with Gasteiger partial charge in [0.05, 0.1) is 5.75 Å². The van der Waals surface area contributed by atoms with Crippen molar-refractivity contribution >= 4 is 15.8 Å². The highest BCUT2D eigenvalue weighted by Crippen LogP contribution is 2.48. The number of carboxylic acids is 1. The lowest BCUT2D eigenvalue weighted by Crippen LogP contribution is -2.64. The fourth-order valence-electron chi connectivity index (χ4n) is 2.82. The number of likely N-dealkylation sites (tertiary alicyclic amines) is 1. The Balaban J connectivity index is 1.88. The van der Waals surface area contributed by atoms with Crippen molar-refractivity contribution in [3.05, 3.63) is 0 Å². The predicted molar refractivity (Wildman–Crippen MR) is 63.6 cm³/mol. The highest BCUT2D eigenvalue weighted by molar-refractivity contribution is 7.90. The SMILES string of the molecule is CS(=O)(=O)CCC(C(=O)O)N1CC2(CCC2)C1. The lowest BCUT2D eigenvalue weighted by molar-refractivity contribution is -0.153. The molecule has 1 aliphatic heterocycles. The molecular formula is C11H19NO4S. The van der Waals surface area contributed by atoms with Gasteiger partial charge in [-0.15, -0.1) is 0 Å². The number of hydrogen-bond acceptors (Lipinski definition) is 4. The summed E-state index contributed by atoms with van der Waals surface area (Å²) in [5, 5.41) is 9.13. The zero-order chi connectivity index (χ0) is 12.7. The Bertz CT molecular complexity index is 405. The first kappa shape index (κ1) is 12.8. The number of sulfone groups is 1. The van der Waals surface area contributed by atoms with E-state index in [1.807, 2.05) is 4.90 Å². The molecule has 2 aliphatic rings. The van der Waals surface area contributed by atoms with E-state index in [0.29, 0.717) is 5.41 Å². The summed E-state index contributed by atoms with van der Waals surface area (Å²) in [7, 11) is -3.08. The summed E-state index contributed by atoms with van der Waals surface area (Å²) in [5.74, 6) is -0.948. The average molecular weight is 261 g/mol. The number of carbonyl (C=O) groups is 1. The molecule has 1 spiro atoms. The van der Waals surface area contributed by atoms with Crippen LogP contribution >= 0.6 is 0 Å². The van der Waals surface area contributed by atoms with Gasteiger partial charge in [-0.25, -0.2) is 8.42 Å². The molecule has 2 rings (SSSR count). The zero-order valence-corrected chi connectivity index (χ0v) is 10.9. The molecule has 1 unspecified atom stereocenters. The molecule has 6 heteroatoms. The molecule has 0 aromatic heterocycles. The molecule has 2 fully saturated rings. The fraction of sp³-hybridized carbons (Fsp3) is 0.909. The number of aliphatic carboxylic acids is 1. The van der Waals surface area contributed by atoms with Crippen LogP contribution in [-0.4, -0.2) is 55.5 Å². The Morgan fingerprint density at radius 3 is 2.35 bits per heavy atom. The molecule has 1 saturated carbocycles. The maximum Gasteiger partial charge on any atom is 0.320 e. The molecule has 0 bridgehead atoms. The minimum absolute atomic E-state index is 0.0481. The lowest BCUT2D eigenvalue weighted by Gasteiger charge is -2.57. The third-order valence-corrected chi connectivity index (χ3v) is 4.96. The monoisotopic (exact) mass is 261 g/mol. The Morgan fingerprint density at radius 1 is 1.41 bits per heavy atom. The van der Waals surface area contributed by atoms with Crippen LogP contribution in [0.5, 0.6) is 0 Å². The van der Waals surface area contributed by atoms with Crippen molar-refractivity contribution in [2.24, 2.45) is 5.41 Å². The van der Waals surface area contributed by atoms with Gasteiger partial charge in [-0.2, -0.15) is 0 Å². The summed E-state index contributed by atoms with van der Waals surface area (Å²) in [6.45, 7) is 1.65. The number of carboxylic acid groups (broad SMARTS) is 1. The number of nitrogens with zero attached hydrogens (tertiary/aromatic N) is 1. The van der Waals surface area contributed by atoms with E-state index in [0.717, 1.165) is 19.3 Å². The molecule has 1 heterocycles. The smallest absolute Gasteiger partial charge is 0.320 e. The van der Waals surface area contributed by atoms with Crippen LogP contribution in [0.4, 0.5) is 0 Å². The molecule has 0 amide bonds. The highest BCUT2D eigenvalue weighted by Gasteiger charge is 2.50. The Hall–Kier alpha value is -0.620. The van der Waals surface area contributed by atoms with E-state index < -0.39 is 21.8 Å². The van der Waals surface area contributed by atoms with Crippen LogP contribution < -0.4 is 0 Å². The third-order valence-electron chi connectivity index (χ3n) is 3.98. The predicted octanol–water partition coefficient (Wildman–Crippen LogP) is 0.360. The first-order chi connectivity index (χ1) is 7.81. The van der Waals surface area contributed by atoms with Gasteiger partial charge >= 0.3 is 5.97 Å². The van der Waals surface area contributed by atoms with Crippen LogP contribution in [0, 0.1) is 5.41 Å². The quantitative estimate of drug-likeness (QED) is 0.773. The largest absolute Gasteiger partial charge is 0.480 e. The third kappa shape index (κ3) is 2.80. The van der Waals surface area contributed by atoms with Gasteiger partial charge in [-0.1, -0.05) is 6.42 Å². The molecule has 5 nitrogen and oxygen atoms in total. The van der Waals surface area contributed by atoms with Crippen LogP contribution in [0.25, 0.3) is 0 Å². The standard InChI is InChI=1S/C11H19NO4S/c1-17(15,16)6-3-9(10(13)14)12-7-11(8-12)4-2-5-11/h9H,2-8H2,1H3,(H,13,14). The van der Waals surface area contributed by atoms with Crippen molar-refractivity contribution in [2.75, 3.05) is 25.1 Å². The van der Waals surface area contributed by atoms with Gasteiger partial charge in [0.2, 0.25) is 0 Å². The van der Waals surface area contributed by atoms with Gasteiger partial charge in [0, 0.05) is 19.3 Å². The molecule has 0 radical (unpaired) electrons. The normalized spacial score (nSPS) is 25.0. The molecule has 0 aromatic carbocycles. The molecule has 1 N–H and O–H groups in total. The highest BCUT2D eigenvalue weighted by atomic mass is 32.2. The van der Waals surface area contributed by atoms with Crippen molar-refractivity contribution in [1.82, 2.24) is 4.90 Å². The van der Waals surface area contributed by atoms with Crippen LogP contribution in [-0.2, 0) is 14.6 Å². The molecule has 17 heavy (non-hydrogen) atoms. The molecule has 1 atom stereocenters. The second kappa shape index (κ2) is 4.24. The van der Waals surface area contributed by atoms with Crippen molar-refractivity contribution in [1.29, 1.82) is 0 Å². The van der Waals surface area contributed by atoms with Crippen LogP contribution in [0.2, 0.25) is 0 Å². The lowest BCUT2D eigenvalue weighted by atomic mass is 9.63. The number of rotatable bonds is 5. The van der Waals surface area contributed by atoms with Crippen LogP contribution in [0.1, 0.15) is 25.7 Å². The Morgan fingerprint density at radius 2 is 2.00 bits per heavy atom. The van der Waals surface area contributed by atoms with Crippen LogP contribution in [0.15, 0.2) is 0 Å². The first-order valence-electron chi connectivity index (χ1n) is 5.96. The maximum absolute atomic E-state index is 11.1. The van der Waals surface area contributed by atoms with Crippen molar-refractivity contribution in [3.63, 3.8) is 0 Å². The molecule has 1 saturated heterocycles. The van der Waals surface area contributed by atoms with E-state index in [2.05, 4.69) is 0 Å². The van der Waals surface area contributed by atoms with Gasteiger partial charge in [0.1, 0.15) is 15.9 Å². The zero-order valence-electron chi connectivity index (χ0n) is 10.1. The second-order valence-corrected chi connectivity index (χ2v) is 7.79. The summed E-state index contributed by atoms with van der Waals surface area (Å²) >= 11 is 0. The summed E-state index contributed by atoms with van der Waals surface area (Å²) in [5.41, 5.74) is 0.374. The van der Waals surface area contributed by atoms with E-state index in [4.69, 9.17) is 5.11 Å². The summed E-state index contributed by atoms with van der Waals surface area (Å²) in [6.07, 6.45) is 4.98. The van der Waals surface area contributed by atoms with E-state index >= 15 is 0 Å². The maximum atomic E-state index is 11.1. The topological polar surface area (TPSA) is 74.7 Å². The average Bonchev–Trinajstić information content (AvgIpc) is 2.02. The fourth-order valence-corrected chi connectivity index (χ4v) is 3.47. The van der Waals surface area contributed by atoms with E-state index in [-0.39, 0.29) is 12.2 Å². The van der Waals surface area contributed by atoms with E-state index in [9.17, 15) is 13.2 Å². The molecule has 1 aliphatic carbocycles. The molecule has 98 valence electrons. The van der Waals surface area contributed by atoms with Gasteiger partial charge in [-0.3, -0.25) is 9.69 Å². The van der Waals surface area contributed by atoms with Gasteiger partial charge in [-0.05, 0) is 24.7 Å². The van der Waals surface area contributed by atoms with Gasteiger partial charge in [0.15, 0.2) is 0 Å². The van der Waals surface area contributed by atoms with Crippen molar-refractivity contribution in [3.8, 4) is 0 Å². The Labute approximate surface area is 102 Å². The number of hydrogen-bond donors (Lipinski definition) is 1. The summed E-state index contributed by atoms with van der Waals surface area (Å²) < 4.78 is 22.1. The molecular weight excluding hydrogens is 242 g/mol. The minimum Gasteiger partial charge on any atom is -0.480 e. The van der Waals surface area contributed by atoms with Gasteiger partial charge < -0.3 is 5.11 Å². The first-order valence-corrected chi connectivity index (χ1v) is 8.02. The summed E-state index contributed by atoms with van der Waals surface area (Å²) in [4.78, 5) is 13.0. The Kier molecular flexibility index (Phi) is 3.20. The van der Waals surface area contributed by atoms with Crippen molar-refractivity contribution in [2.45, 2.75) is 31.7 Å². The van der Waals surface area contributed by atoms with Crippen LogP contribution in [0.3, 0.4) is 0 Å². The van der Waals surface area contributed by atoms with E-state index in [1.165, 1.54) is 19.3 Å². The van der Waals surface area contributed by atoms with E-state index in [1.54, 1.807) is 0 Å². The summed E-state index contributed by atoms with van der Waals surface area (Å²) in [6, 6.07) is -0.629. The second-order valence-electron chi connectivity index (χ2n) is 5.53. The van der Waals surface area contributed by atoms with Crippen molar-refractivity contribution < 1.29 is 18.3 Å².